The zero-order chi connectivity index (χ0) is 17.2. The molecule has 2 fully saturated rings. The van der Waals surface area contributed by atoms with Crippen LogP contribution in [0.25, 0.3) is 0 Å². The Morgan fingerprint density at radius 2 is 1.42 bits per heavy atom. The predicted octanol–water partition coefficient (Wildman–Crippen LogP) is 6.38. The van der Waals surface area contributed by atoms with Gasteiger partial charge in [0, 0.05) is 6.08 Å². The van der Waals surface area contributed by atoms with E-state index in [2.05, 4.69) is 13.0 Å². The third-order valence-electron chi connectivity index (χ3n) is 6.37. The summed E-state index contributed by atoms with van der Waals surface area (Å²) in [5.74, 6) is 3.09. The maximum atomic E-state index is 10.4. The molecule has 0 atom stereocenters. The second-order valence-electron chi connectivity index (χ2n) is 8.05. The zero-order valence-electron chi connectivity index (χ0n) is 15.5. The third-order valence-corrected chi connectivity index (χ3v) is 6.37. The molecule has 0 saturated heterocycles. The lowest BCUT2D eigenvalue weighted by Crippen LogP contribution is -2.25. The summed E-state index contributed by atoms with van der Waals surface area (Å²) in [7, 11) is 0. The summed E-state index contributed by atoms with van der Waals surface area (Å²) in [5.41, 5.74) is 0. The molecule has 24 heavy (non-hydrogen) atoms. The lowest BCUT2D eigenvalue weighted by atomic mass is 9.68. The number of hydrogen-bond donors (Lipinski definition) is 1. The van der Waals surface area contributed by atoms with E-state index in [9.17, 15) is 4.79 Å². The van der Waals surface area contributed by atoms with E-state index in [0.29, 0.717) is 0 Å². The van der Waals surface area contributed by atoms with E-state index >= 15 is 0 Å². The highest BCUT2D eigenvalue weighted by atomic mass is 16.4. The van der Waals surface area contributed by atoms with E-state index in [1.165, 1.54) is 76.7 Å². The number of carbonyl (C=O) groups is 1. The summed E-state index contributed by atoms with van der Waals surface area (Å²) in [6, 6.07) is 0. The van der Waals surface area contributed by atoms with Crippen LogP contribution in [0.3, 0.4) is 0 Å². The maximum Gasteiger partial charge on any atom is 0.328 e. The molecule has 0 bridgehead atoms. The third kappa shape index (κ3) is 6.83. The zero-order valence-corrected chi connectivity index (χ0v) is 15.5. The van der Waals surface area contributed by atoms with Crippen LogP contribution in [0.15, 0.2) is 24.3 Å². The molecule has 0 aliphatic heterocycles. The summed E-state index contributed by atoms with van der Waals surface area (Å²) in [5, 5.41) is 8.53. The first-order valence-electron chi connectivity index (χ1n) is 10.2. The van der Waals surface area contributed by atoms with Crippen molar-refractivity contribution in [3.05, 3.63) is 24.3 Å². The first kappa shape index (κ1) is 19.3. The fraction of sp³-hybridized carbons (Fsp3) is 0.773. The highest BCUT2D eigenvalue weighted by molar-refractivity contribution is 5.80. The molecule has 2 saturated carbocycles. The van der Waals surface area contributed by atoms with Crippen LogP contribution in [-0.2, 0) is 4.79 Å². The van der Waals surface area contributed by atoms with Gasteiger partial charge in [0.25, 0.3) is 0 Å². The van der Waals surface area contributed by atoms with Gasteiger partial charge in [0.1, 0.15) is 0 Å². The largest absolute Gasteiger partial charge is 0.478 e. The Hall–Kier alpha value is -1.05. The smallest absolute Gasteiger partial charge is 0.328 e. The summed E-state index contributed by atoms with van der Waals surface area (Å²) >= 11 is 0. The second kappa shape index (κ2) is 10.7. The summed E-state index contributed by atoms with van der Waals surface area (Å²) in [6.45, 7) is 2.32. The molecule has 0 aromatic rings. The predicted molar refractivity (Wildman–Crippen MR) is 101 cm³/mol. The molecule has 2 aliphatic rings. The van der Waals surface area contributed by atoms with Gasteiger partial charge in [-0.15, -0.1) is 0 Å². The number of aliphatic carboxylic acids is 1. The van der Waals surface area contributed by atoms with Crippen molar-refractivity contribution >= 4 is 5.97 Å². The molecule has 2 aliphatic carbocycles. The number of carboxylic acids is 1. The lowest BCUT2D eigenvalue weighted by molar-refractivity contribution is -0.131. The Morgan fingerprint density at radius 1 is 0.875 bits per heavy atom. The van der Waals surface area contributed by atoms with Crippen molar-refractivity contribution in [2.45, 2.75) is 84.0 Å². The SMILES string of the molecule is CCCC1CCC(C2CCC(CCC=CC=CC(=O)O)CC2)CC1. The summed E-state index contributed by atoms with van der Waals surface area (Å²) in [4.78, 5) is 10.4. The molecule has 0 aromatic heterocycles. The van der Waals surface area contributed by atoms with E-state index in [0.717, 1.165) is 30.1 Å². The van der Waals surface area contributed by atoms with Gasteiger partial charge >= 0.3 is 5.97 Å². The molecular weight excluding hydrogens is 296 g/mol. The second-order valence-corrected chi connectivity index (χ2v) is 8.05. The van der Waals surface area contributed by atoms with Gasteiger partial charge in [-0.1, -0.05) is 63.7 Å². The molecule has 0 unspecified atom stereocenters. The minimum absolute atomic E-state index is 0.873. The summed E-state index contributed by atoms with van der Waals surface area (Å²) in [6.07, 6.45) is 23.7. The van der Waals surface area contributed by atoms with E-state index in [4.69, 9.17) is 5.11 Å². The molecule has 2 nitrogen and oxygen atoms in total. The Bertz CT molecular complexity index is 408. The number of hydrogen-bond acceptors (Lipinski definition) is 1. The monoisotopic (exact) mass is 332 g/mol. The van der Waals surface area contributed by atoms with Gasteiger partial charge < -0.3 is 5.11 Å². The average Bonchev–Trinajstić information content (AvgIpc) is 2.59. The fourth-order valence-electron chi connectivity index (χ4n) is 4.95. The summed E-state index contributed by atoms with van der Waals surface area (Å²) < 4.78 is 0. The van der Waals surface area contributed by atoms with Crippen LogP contribution in [0, 0.1) is 23.7 Å². The molecule has 1 N–H and O–H groups in total. The van der Waals surface area contributed by atoms with E-state index in [1.807, 2.05) is 6.08 Å². The van der Waals surface area contributed by atoms with Crippen LogP contribution < -0.4 is 0 Å². The van der Waals surface area contributed by atoms with Crippen molar-refractivity contribution in [1.29, 1.82) is 0 Å². The van der Waals surface area contributed by atoms with Gasteiger partial charge in [-0.25, -0.2) is 4.79 Å². The quantitative estimate of drug-likeness (QED) is 0.414. The molecule has 0 radical (unpaired) electrons. The molecule has 136 valence electrons. The van der Waals surface area contributed by atoms with Gasteiger partial charge in [0.2, 0.25) is 0 Å². The normalized spacial score (nSPS) is 31.7. The Labute approximate surface area is 148 Å². The number of allylic oxidation sites excluding steroid dienone is 3. The minimum atomic E-state index is -0.873. The molecule has 0 spiro atoms. The van der Waals surface area contributed by atoms with E-state index in [-0.39, 0.29) is 0 Å². The molecule has 2 heteroatoms. The minimum Gasteiger partial charge on any atom is -0.478 e. The Morgan fingerprint density at radius 3 is 1.92 bits per heavy atom. The van der Waals surface area contributed by atoms with Crippen LogP contribution >= 0.6 is 0 Å². The van der Waals surface area contributed by atoms with Crippen LogP contribution in [0.1, 0.15) is 84.0 Å². The first-order valence-corrected chi connectivity index (χ1v) is 10.2. The van der Waals surface area contributed by atoms with Crippen molar-refractivity contribution in [3.8, 4) is 0 Å². The molecular formula is C22H36O2. The van der Waals surface area contributed by atoms with Crippen molar-refractivity contribution in [1.82, 2.24) is 0 Å². The Balaban J connectivity index is 1.59. The van der Waals surface area contributed by atoms with Crippen LogP contribution in [0.5, 0.6) is 0 Å². The van der Waals surface area contributed by atoms with Crippen molar-refractivity contribution in [3.63, 3.8) is 0 Å². The van der Waals surface area contributed by atoms with Gasteiger partial charge in [0.05, 0.1) is 0 Å². The highest BCUT2D eigenvalue weighted by Crippen LogP contribution is 2.42. The van der Waals surface area contributed by atoms with E-state index in [1.54, 1.807) is 6.08 Å². The maximum absolute atomic E-state index is 10.4. The van der Waals surface area contributed by atoms with Gasteiger partial charge in [0.15, 0.2) is 0 Å². The standard InChI is InChI=1S/C22H36O2/c1-2-7-18-10-14-20(15-11-18)21-16-12-19(13-17-21)8-5-3-4-6-9-22(23)24/h3-4,6,9,18-21H,2,5,7-8,10-17H2,1H3,(H,23,24). The average molecular weight is 333 g/mol. The Kier molecular flexibility index (Phi) is 8.63. The molecule has 2 rings (SSSR count). The van der Waals surface area contributed by atoms with Crippen molar-refractivity contribution in [2.75, 3.05) is 0 Å². The van der Waals surface area contributed by atoms with Crippen molar-refractivity contribution in [2.24, 2.45) is 23.7 Å². The van der Waals surface area contributed by atoms with Crippen LogP contribution in [0.2, 0.25) is 0 Å². The van der Waals surface area contributed by atoms with Crippen molar-refractivity contribution < 1.29 is 9.90 Å². The molecule has 0 amide bonds. The fourth-order valence-corrected chi connectivity index (χ4v) is 4.95. The van der Waals surface area contributed by atoms with Crippen LogP contribution in [0.4, 0.5) is 0 Å². The van der Waals surface area contributed by atoms with Gasteiger partial charge in [-0.3, -0.25) is 0 Å². The van der Waals surface area contributed by atoms with Gasteiger partial charge in [-0.2, -0.15) is 0 Å². The first-order chi connectivity index (χ1) is 11.7. The number of carboxylic acid groups (broad SMARTS) is 1. The lowest BCUT2D eigenvalue weighted by Gasteiger charge is -2.38. The number of rotatable bonds is 8. The molecule has 0 heterocycles. The van der Waals surface area contributed by atoms with Gasteiger partial charge in [-0.05, 0) is 62.2 Å². The van der Waals surface area contributed by atoms with Crippen LogP contribution in [-0.4, -0.2) is 11.1 Å². The van der Waals surface area contributed by atoms with E-state index < -0.39 is 5.97 Å². The topological polar surface area (TPSA) is 37.3 Å². The highest BCUT2D eigenvalue weighted by Gasteiger charge is 2.30. The molecule has 0 aromatic carbocycles.